The lowest BCUT2D eigenvalue weighted by molar-refractivity contribution is -0.121. The summed E-state index contributed by atoms with van der Waals surface area (Å²) in [7, 11) is 0. The van der Waals surface area contributed by atoms with Gasteiger partial charge < -0.3 is 5.32 Å². The van der Waals surface area contributed by atoms with Crippen LogP contribution in [0.5, 0.6) is 0 Å². The number of nitrogens with one attached hydrogen (secondary N) is 1. The molecule has 1 saturated heterocycles. The predicted octanol–water partition coefficient (Wildman–Crippen LogP) is 4.26. The third-order valence-corrected chi connectivity index (χ3v) is 4.80. The molecule has 1 aliphatic heterocycles. The summed E-state index contributed by atoms with van der Waals surface area (Å²) in [5.74, 6) is 0.108. The topological polar surface area (TPSA) is 29.1 Å². The van der Waals surface area contributed by atoms with Crippen molar-refractivity contribution >= 4 is 17.4 Å². The third kappa shape index (κ3) is 3.08. The number of alkyl halides is 1. The molecule has 2 aromatic rings. The molecule has 22 heavy (non-hydrogen) atoms. The summed E-state index contributed by atoms with van der Waals surface area (Å²) < 4.78 is 0. The minimum atomic E-state index is -0.510. The lowest BCUT2D eigenvalue weighted by Crippen LogP contribution is -2.43. The minimum absolute atomic E-state index is 0.0226. The summed E-state index contributed by atoms with van der Waals surface area (Å²) in [5.41, 5.74) is 4.62. The molecule has 2 nitrogen and oxygen atoms in total. The van der Waals surface area contributed by atoms with Crippen LogP contribution in [0.4, 0.5) is 0 Å². The van der Waals surface area contributed by atoms with Gasteiger partial charge in [-0.25, -0.2) is 0 Å². The Hall–Kier alpha value is -1.64. The van der Waals surface area contributed by atoms with Crippen molar-refractivity contribution in [3.63, 3.8) is 0 Å². The first-order chi connectivity index (χ1) is 10.5. The van der Waals surface area contributed by atoms with Crippen LogP contribution in [0, 0.1) is 13.8 Å². The zero-order valence-corrected chi connectivity index (χ0v) is 13.6. The molecule has 0 bridgehead atoms. The highest BCUT2D eigenvalue weighted by atomic mass is 35.5. The van der Waals surface area contributed by atoms with E-state index >= 15 is 0 Å². The summed E-state index contributed by atoms with van der Waals surface area (Å²) in [6.07, 6.45) is 0.444. The normalized spacial score (nSPS) is 25.2. The van der Waals surface area contributed by atoms with Gasteiger partial charge in [-0.2, -0.15) is 0 Å². The van der Waals surface area contributed by atoms with Crippen molar-refractivity contribution in [2.45, 2.75) is 37.7 Å². The second-order valence-electron chi connectivity index (χ2n) is 6.09. The minimum Gasteiger partial charge on any atom is -0.301 e. The average molecular weight is 314 g/mol. The Morgan fingerprint density at radius 1 is 0.909 bits per heavy atom. The molecule has 0 amide bonds. The van der Waals surface area contributed by atoms with Crippen molar-refractivity contribution in [1.29, 1.82) is 0 Å². The van der Waals surface area contributed by atoms with E-state index in [0.717, 1.165) is 11.1 Å². The van der Waals surface area contributed by atoms with E-state index in [1.807, 2.05) is 12.1 Å². The van der Waals surface area contributed by atoms with E-state index in [4.69, 9.17) is 11.6 Å². The van der Waals surface area contributed by atoms with Crippen LogP contribution in [0.15, 0.2) is 48.5 Å². The van der Waals surface area contributed by atoms with Gasteiger partial charge in [0.05, 0.1) is 6.04 Å². The predicted molar refractivity (Wildman–Crippen MR) is 90.2 cm³/mol. The number of hydrogen-bond acceptors (Lipinski definition) is 2. The largest absolute Gasteiger partial charge is 0.301 e. The summed E-state index contributed by atoms with van der Waals surface area (Å²) in [6.45, 7) is 4.11. The van der Waals surface area contributed by atoms with E-state index in [-0.39, 0.29) is 17.9 Å². The molecule has 3 unspecified atom stereocenters. The van der Waals surface area contributed by atoms with Crippen LogP contribution in [0.3, 0.4) is 0 Å². The Labute approximate surface area is 136 Å². The zero-order chi connectivity index (χ0) is 15.7. The van der Waals surface area contributed by atoms with Gasteiger partial charge in [-0.05, 0) is 25.0 Å². The monoisotopic (exact) mass is 313 g/mol. The summed E-state index contributed by atoms with van der Waals surface area (Å²) >= 11 is 6.37. The van der Waals surface area contributed by atoms with E-state index in [1.165, 1.54) is 11.1 Å². The molecular weight excluding hydrogens is 294 g/mol. The number of rotatable bonds is 2. The highest BCUT2D eigenvalue weighted by Crippen LogP contribution is 2.34. The summed E-state index contributed by atoms with van der Waals surface area (Å²) in [6, 6.07) is 16.4. The second-order valence-corrected chi connectivity index (χ2v) is 6.56. The molecule has 2 aromatic carbocycles. The molecule has 3 heteroatoms. The van der Waals surface area contributed by atoms with Crippen LogP contribution in [0.1, 0.15) is 40.8 Å². The maximum atomic E-state index is 12.3. The lowest BCUT2D eigenvalue weighted by Gasteiger charge is -2.34. The van der Waals surface area contributed by atoms with Gasteiger partial charge in [-0.3, -0.25) is 4.79 Å². The molecular formula is C19H20ClNO. The fourth-order valence-corrected chi connectivity index (χ4v) is 3.22. The first kappa shape index (κ1) is 15.3. The molecule has 114 valence electrons. The maximum absolute atomic E-state index is 12.3. The number of halogens is 1. The fraction of sp³-hybridized carbons (Fsp3) is 0.316. The van der Waals surface area contributed by atoms with Gasteiger partial charge in [0.25, 0.3) is 0 Å². The van der Waals surface area contributed by atoms with E-state index in [2.05, 4.69) is 55.6 Å². The molecule has 0 aromatic heterocycles. The lowest BCUT2D eigenvalue weighted by atomic mass is 9.88. The number of piperidine rings is 1. The highest BCUT2D eigenvalue weighted by Gasteiger charge is 2.36. The van der Waals surface area contributed by atoms with Crippen molar-refractivity contribution in [3.05, 3.63) is 70.8 Å². The number of hydrogen-bond donors (Lipinski definition) is 1. The number of Topliss-reactive ketones (excluding diaryl/α,β-unsaturated/α-hetero) is 1. The van der Waals surface area contributed by atoms with Crippen LogP contribution < -0.4 is 5.32 Å². The van der Waals surface area contributed by atoms with Crippen LogP contribution >= 0.6 is 11.6 Å². The highest BCUT2D eigenvalue weighted by molar-refractivity contribution is 6.32. The third-order valence-electron chi connectivity index (χ3n) is 4.30. The van der Waals surface area contributed by atoms with Crippen molar-refractivity contribution < 1.29 is 4.79 Å². The molecule has 0 spiro atoms. The first-order valence-electron chi connectivity index (χ1n) is 7.60. The van der Waals surface area contributed by atoms with E-state index in [1.54, 1.807) is 0 Å². The number of ketones is 1. The standard InChI is InChI=1S/C19H20ClNO/c1-12-3-7-14(8-4-12)16-11-17(22)18(20)19(21-16)15-9-5-13(2)6-10-15/h3-10,16,18-19,21H,11H2,1-2H3. The summed E-state index contributed by atoms with van der Waals surface area (Å²) in [5, 5.41) is 3.04. The Morgan fingerprint density at radius 3 is 1.95 bits per heavy atom. The van der Waals surface area contributed by atoms with Crippen LogP contribution in [-0.4, -0.2) is 11.2 Å². The van der Waals surface area contributed by atoms with E-state index in [9.17, 15) is 4.79 Å². The van der Waals surface area contributed by atoms with E-state index < -0.39 is 5.38 Å². The molecule has 0 saturated carbocycles. The molecule has 1 aliphatic rings. The van der Waals surface area contributed by atoms with Crippen LogP contribution in [0.2, 0.25) is 0 Å². The van der Waals surface area contributed by atoms with Crippen molar-refractivity contribution in [2.75, 3.05) is 0 Å². The Kier molecular flexibility index (Phi) is 4.32. The van der Waals surface area contributed by atoms with Crippen LogP contribution in [0.25, 0.3) is 0 Å². The first-order valence-corrected chi connectivity index (χ1v) is 8.04. The Bertz CT molecular complexity index is 663. The molecule has 0 radical (unpaired) electrons. The smallest absolute Gasteiger partial charge is 0.154 e. The zero-order valence-electron chi connectivity index (χ0n) is 12.8. The number of carbonyl (C=O) groups excluding carboxylic acids is 1. The number of aryl methyl sites for hydroxylation is 2. The second kappa shape index (κ2) is 6.23. The van der Waals surface area contributed by atoms with Crippen LogP contribution in [-0.2, 0) is 4.79 Å². The number of benzene rings is 2. The quantitative estimate of drug-likeness (QED) is 0.840. The average Bonchev–Trinajstić information content (AvgIpc) is 2.52. The molecule has 0 aliphatic carbocycles. The van der Waals surface area contributed by atoms with Crippen molar-refractivity contribution in [3.8, 4) is 0 Å². The van der Waals surface area contributed by atoms with Crippen molar-refractivity contribution in [2.24, 2.45) is 0 Å². The Balaban J connectivity index is 1.88. The van der Waals surface area contributed by atoms with Gasteiger partial charge in [0, 0.05) is 12.5 Å². The SMILES string of the molecule is Cc1ccc(C2CC(=O)C(Cl)C(c3ccc(C)cc3)N2)cc1. The Morgan fingerprint density at radius 2 is 1.41 bits per heavy atom. The van der Waals surface area contributed by atoms with Gasteiger partial charge in [0.2, 0.25) is 0 Å². The van der Waals surface area contributed by atoms with Gasteiger partial charge >= 0.3 is 0 Å². The molecule has 1 fully saturated rings. The van der Waals surface area contributed by atoms with Gasteiger partial charge in [-0.1, -0.05) is 59.7 Å². The molecule has 1 N–H and O–H groups in total. The molecule has 3 atom stereocenters. The van der Waals surface area contributed by atoms with Gasteiger partial charge in [0.15, 0.2) is 5.78 Å². The van der Waals surface area contributed by atoms with Gasteiger partial charge in [0.1, 0.15) is 5.38 Å². The van der Waals surface area contributed by atoms with E-state index in [0.29, 0.717) is 6.42 Å². The fourth-order valence-electron chi connectivity index (χ4n) is 2.91. The molecule has 1 heterocycles. The maximum Gasteiger partial charge on any atom is 0.154 e. The molecule has 3 rings (SSSR count). The summed E-state index contributed by atoms with van der Waals surface area (Å²) in [4.78, 5) is 12.3. The van der Waals surface area contributed by atoms with Gasteiger partial charge in [-0.15, -0.1) is 11.6 Å². The number of carbonyl (C=O) groups is 1. The van der Waals surface area contributed by atoms with Crippen molar-refractivity contribution in [1.82, 2.24) is 5.32 Å².